The first kappa shape index (κ1) is 17.0. The van der Waals surface area contributed by atoms with E-state index in [4.69, 9.17) is 11.6 Å². The molecule has 1 N–H and O–H groups in total. The predicted molar refractivity (Wildman–Crippen MR) is 91.1 cm³/mol. The number of nitrogens with one attached hydrogen (secondary N) is 1. The van der Waals surface area contributed by atoms with Crippen LogP contribution in [0.5, 0.6) is 0 Å². The average Bonchev–Trinajstić information content (AvgIpc) is 2.52. The minimum absolute atomic E-state index is 0.204. The van der Waals surface area contributed by atoms with E-state index < -0.39 is 0 Å². The molecule has 1 heterocycles. The zero-order valence-corrected chi connectivity index (χ0v) is 14.3. The van der Waals surface area contributed by atoms with Gasteiger partial charge in [-0.25, -0.2) is 0 Å². The van der Waals surface area contributed by atoms with Crippen molar-refractivity contribution in [3.8, 4) is 0 Å². The van der Waals surface area contributed by atoms with Gasteiger partial charge in [-0.1, -0.05) is 17.7 Å². The minimum atomic E-state index is -0.231. The van der Waals surface area contributed by atoms with Crippen molar-refractivity contribution >= 4 is 29.4 Å². The van der Waals surface area contributed by atoms with Crippen LogP contribution in [0, 0.1) is 0 Å². The number of anilines is 2. The largest absolute Gasteiger partial charge is 0.347 e. The normalized spacial score (nSPS) is 10.3. The van der Waals surface area contributed by atoms with Crippen molar-refractivity contribution < 1.29 is 4.79 Å². The summed E-state index contributed by atoms with van der Waals surface area (Å²) in [5, 5.41) is 3.30. The molecule has 0 atom stereocenters. The molecule has 0 aliphatic heterocycles. The quantitative estimate of drug-likeness (QED) is 0.895. The summed E-state index contributed by atoms with van der Waals surface area (Å²) in [7, 11) is 7.40. The van der Waals surface area contributed by atoms with E-state index in [9.17, 15) is 4.79 Å². The monoisotopic (exact) mass is 334 g/mol. The summed E-state index contributed by atoms with van der Waals surface area (Å²) < 4.78 is 0. The zero-order valence-electron chi connectivity index (χ0n) is 13.5. The lowest BCUT2D eigenvalue weighted by Gasteiger charge is -2.16. The van der Waals surface area contributed by atoms with E-state index >= 15 is 0 Å². The smallest absolute Gasteiger partial charge is 0.251 e. The Balaban J connectivity index is 2.15. The standard InChI is InChI=1S/C15H19ClN6O/c1-21(2)14-18-12(19-15(20-14)22(3)4)9-17-13(23)10-6-5-7-11(16)8-10/h5-8H,9H2,1-4H3,(H,17,23). The van der Waals surface area contributed by atoms with E-state index in [1.54, 1.807) is 34.1 Å². The second-order valence-corrected chi connectivity index (χ2v) is 5.77. The SMILES string of the molecule is CN(C)c1nc(CNC(=O)c2cccc(Cl)c2)nc(N(C)C)n1. The summed E-state index contributed by atoms with van der Waals surface area (Å²) in [6, 6.07) is 6.76. The highest BCUT2D eigenvalue weighted by Crippen LogP contribution is 2.12. The maximum atomic E-state index is 12.1. The number of hydrogen-bond donors (Lipinski definition) is 1. The first-order chi connectivity index (χ1) is 10.9. The lowest BCUT2D eigenvalue weighted by Crippen LogP contribution is -2.26. The zero-order chi connectivity index (χ0) is 17.0. The van der Waals surface area contributed by atoms with Gasteiger partial charge in [0.1, 0.15) is 0 Å². The summed E-state index contributed by atoms with van der Waals surface area (Å²) in [6.45, 7) is 0.204. The van der Waals surface area contributed by atoms with Gasteiger partial charge in [0, 0.05) is 38.8 Å². The van der Waals surface area contributed by atoms with E-state index in [-0.39, 0.29) is 12.5 Å². The molecule has 2 aromatic rings. The lowest BCUT2D eigenvalue weighted by molar-refractivity contribution is 0.0950. The van der Waals surface area contributed by atoms with Gasteiger partial charge in [-0.2, -0.15) is 15.0 Å². The second-order valence-electron chi connectivity index (χ2n) is 5.33. The highest BCUT2D eigenvalue weighted by Gasteiger charge is 2.11. The summed E-state index contributed by atoms with van der Waals surface area (Å²) in [5.74, 6) is 1.33. The first-order valence-electron chi connectivity index (χ1n) is 7.00. The molecular weight excluding hydrogens is 316 g/mol. The van der Waals surface area contributed by atoms with Gasteiger partial charge in [-0.3, -0.25) is 4.79 Å². The van der Waals surface area contributed by atoms with Gasteiger partial charge in [0.25, 0.3) is 5.91 Å². The summed E-state index contributed by atoms with van der Waals surface area (Å²) in [5.41, 5.74) is 0.493. The van der Waals surface area contributed by atoms with Crippen LogP contribution < -0.4 is 15.1 Å². The molecule has 23 heavy (non-hydrogen) atoms. The molecule has 0 aliphatic carbocycles. The Labute approximate surface area is 140 Å². The average molecular weight is 335 g/mol. The van der Waals surface area contributed by atoms with Crippen molar-refractivity contribution in [2.75, 3.05) is 38.0 Å². The number of carbonyl (C=O) groups excluding carboxylic acids is 1. The number of amides is 1. The number of carbonyl (C=O) groups is 1. The third kappa shape index (κ3) is 4.53. The Bertz CT molecular complexity index is 678. The molecule has 2 rings (SSSR count). The van der Waals surface area contributed by atoms with Gasteiger partial charge in [0.05, 0.1) is 6.54 Å². The molecule has 122 valence electrons. The van der Waals surface area contributed by atoms with Crippen LogP contribution in [0.4, 0.5) is 11.9 Å². The van der Waals surface area contributed by atoms with Gasteiger partial charge in [-0.05, 0) is 18.2 Å². The predicted octanol–water partition coefficient (Wildman–Crippen LogP) is 1.59. The molecule has 0 saturated carbocycles. The maximum Gasteiger partial charge on any atom is 0.251 e. The molecule has 1 amide bonds. The third-order valence-corrected chi connectivity index (χ3v) is 3.19. The van der Waals surface area contributed by atoms with Gasteiger partial charge < -0.3 is 15.1 Å². The first-order valence-corrected chi connectivity index (χ1v) is 7.38. The fourth-order valence-corrected chi connectivity index (χ4v) is 1.96. The van der Waals surface area contributed by atoms with Crippen LogP contribution in [0.2, 0.25) is 5.02 Å². The molecule has 0 aliphatic rings. The van der Waals surface area contributed by atoms with Crippen molar-refractivity contribution in [1.29, 1.82) is 0 Å². The summed E-state index contributed by atoms with van der Waals surface area (Å²) in [6.07, 6.45) is 0. The Morgan fingerprint density at radius 3 is 2.22 bits per heavy atom. The molecule has 0 spiro atoms. The van der Waals surface area contributed by atoms with Crippen LogP contribution in [-0.2, 0) is 6.54 Å². The maximum absolute atomic E-state index is 12.1. The van der Waals surface area contributed by atoms with E-state index in [2.05, 4.69) is 20.3 Å². The number of rotatable bonds is 5. The summed E-state index contributed by atoms with van der Waals surface area (Å²) >= 11 is 5.89. The van der Waals surface area contributed by atoms with Crippen LogP contribution >= 0.6 is 11.6 Å². The summed E-state index contributed by atoms with van der Waals surface area (Å²) in [4.78, 5) is 28.7. The topological polar surface area (TPSA) is 74.2 Å². The number of halogens is 1. The minimum Gasteiger partial charge on any atom is -0.347 e. The van der Waals surface area contributed by atoms with Gasteiger partial charge in [0.2, 0.25) is 11.9 Å². The van der Waals surface area contributed by atoms with Crippen LogP contribution in [0.15, 0.2) is 24.3 Å². The van der Waals surface area contributed by atoms with Crippen molar-refractivity contribution in [1.82, 2.24) is 20.3 Å². The van der Waals surface area contributed by atoms with E-state index in [1.165, 1.54) is 0 Å². The fraction of sp³-hybridized carbons (Fsp3) is 0.333. The number of hydrogen-bond acceptors (Lipinski definition) is 6. The van der Waals surface area contributed by atoms with Gasteiger partial charge >= 0.3 is 0 Å². The Morgan fingerprint density at radius 1 is 1.09 bits per heavy atom. The van der Waals surface area contributed by atoms with Crippen molar-refractivity contribution in [3.05, 3.63) is 40.7 Å². The molecule has 0 fully saturated rings. The second kappa shape index (κ2) is 7.23. The lowest BCUT2D eigenvalue weighted by atomic mass is 10.2. The van der Waals surface area contributed by atoms with Crippen molar-refractivity contribution in [2.24, 2.45) is 0 Å². The highest BCUT2D eigenvalue weighted by molar-refractivity contribution is 6.30. The molecule has 8 heteroatoms. The van der Waals surface area contributed by atoms with Gasteiger partial charge in [-0.15, -0.1) is 0 Å². The molecule has 1 aromatic heterocycles. The molecular formula is C15H19ClN6O. The van der Waals surface area contributed by atoms with E-state index in [1.807, 2.05) is 28.2 Å². The van der Waals surface area contributed by atoms with Crippen LogP contribution in [0.25, 0.3) is 0 Å². The number of aromatic nitrogens is 3. The van der Waals surface area contributed by atoms with Crippen LogP contribution in [-0.4, -0.2) is 49.0 Å². The Hall–Kier alpha value is -2.41. The Morgan fingerprint density at radius 2 is 1.70 bits per heavy atom. The van der Waals surface area contributed by atoms with Crippen LogP contribution in [0.3, 0.4) is 0 Å². The number of benzene rings is 1. The Kier molecular flexibility index (Phi) is 5.33. The fourth-order valence-electron chi connectivity index (χ4n) is 1.77. The molecule has 1 aromatic carbocycles. The van der Waals surface area contributed by atoms with Crippen molar-refractivity contribution in [3.63, 3.8) is 0 Å². The van der Waals surface area contributed by atoms with E-state index in [0.29, 0.717) is 28.3 Å². The van der Waals surface area contributed by atoms with E-state index in [0.717, 1.165) is 0 Å². The molecule has 0 saturated heterocycles. The van der Waals surface area contributed by atoms with Crippen molar-refractivity contribution in [2.45, 2.75) is 6.54 Å². The molecule has 0 bridgehead atoms. The third-order valence-electron chi connectivity index (χ3n) is 2.95. The molecule has 0 radical (unpaired) electrons. The van der Waals surface area contributed by atoms with Crippen LogP contribution in [0.1, 0.15) is 16.2 Å². The van der Waals surface area contributed by atoms with Gasteiger partial charge in [0.15, 0.2) is 5.82 Å². The molecule has 7 nitrogen and oxygen atoms in total. The highest BCUT2D eigenvalue weighted by atomic mass is 35.5. The number of nitrogens with zero attached hydrogens (tertiary/aromatic N) is 5. The molecule has 0 unspecified atom stereocenters.